The average molecular weight is 593 g/mol. The lowest BCUT2D eigenvalue weighted by Crippen LogP contribution is -2.37. The van der Waals surface area contributed by atoms with Gasteiger partial charge in [0.05, 0.1) is 11.5 Å². The molecule has 2 aromatic rings. The van der Waals surface area contributed by atoms with Crippen LogP contribution in [0.4, 0.5) is 26.3 Å². The average Bonchev–Trinajstić information content (AvgIpc) is 2.96. The van der Waals surface area contributed by atoms with Gasteiger partial charge in [-0.2, -0.15) is 22.0 Å². The molecule has 7 heteroatoms. The Labute approximate surface area is 246 Å². The topological polar surface area (TPSA) is 9.23 Å². The first-order chi connectivity index (χ1) is 20.0. The van der Waals surface area contributed by atoms with Gasteiger partial charge in [-0.05, 0) is 125 Å². The minimum Gasteiger partial charge on any atom is -0.432 e. The monoisotopic (exact) mass is 592 g/mol. The van der Waals surface area contributed by atoms with Gasteiger partial charge in [0.15, 0.2) is 0 Å². The van der Waals surface area contributed by atoms with Crippen molar-refractivity contribution >= 4 is 0 Å². The van der Waals surface area contributed by atoms with Crippen LogP contribution >= 0.6 is 0 Å². The zero-order chi connectivity index (χ0) is 30.2. The third kappa shape index (κ3) is 9.15. The molecule has 2 aromatic carbocycles. The number of aryl methyl sites for hydroxylation is 1. The lowest BCUT2D eigenvalue weighted by molar-refractivity contribution is -0.223. The first kappa shape index (κ1) is 32.2. The van der Waals surface area contributed by atoms with Crippen molar-refractivity contribution in [2.45, 2.75) is 102 Å². The van der Waals surface area contributed by atoms with Gasteiger partial charge in [-0.15, -0.1) is 0 Å². The number of alkyl halides is 5. The number of halogens is 6. The molecule has 0 aliphatic heterocycles. The van der Waals surface area contributed by atoms with Gasteiger partial charge >= 0.3 is 12.3 Å². The van der Waals surface area contributed by atoms with Gasteiger partial charge in [0, 0.05) is 6.07 Å². The predicted octanol–water partition coefficient (Wildman–Crippen LogP) is 11.4. The van der Waals surface area contributed by atoms with E-state index in [0.717, 1.165) is 44.6 Å². The van der Waals surface area contributed by atoms with E-state index in [1.165, 1.54) is 24.0 Å². The Morgan fingerprint density at radius 2 is 1.40 bits per heavy atom. The number of hydrogen-bond acceptors (Lipinski definition) is 1. The van der Waals surface area contributed by atoms with Crippen molar-refractivity contribution in [2.24, 2.45) is 17.8 Å². The molecule has 0 aromatic heterocycles. The normalized spacial score (nSPS) is 24.0. The van der Waals surface area contributed by atoms with E-state index in [1.807, 2.05) is 0 Å². The number of rotatable bonds is 11. The zero-order valence-electron chi connectivity index (χ0n) is 24.3. The molecule has 1 nitrogen and oxygen atoms in total. The summed E-state index contributed by atoms with van der Waals surface area (Å²) in [5.74, 6) is -1.96. The Morgan fingerprint density at radius 3 is 1.98 bits per heavy atom. The molecule has 4 rings (SSSR count). The summed E-state index contributed by atoms with van der Waals surface area (Å²) in [5.41, 5.74) is 1.33. The molecule has 0 N–H and O–H groups in total. The fourth-order valence-electron chi connectivity index (χ4n) is 6.35. The molecule has 0 amide bonds. The van der Waals surface area contributed by atoms with E-state index in [-0.39, 0.29) is 18.8 Å². The third-order valence-electron chi connectivity index (χ3n) is 8.95. The summed E-state index contributed by atoms with van der Waals surface area (Å²) in [6, 6.07) is 10.7. The summed E-state index contributed by atoms with van der Waals surface area (Å²) < 4.78 is 86.3. The summed E-state index contributed by atoms with van der Waals surface area (Å²) in [7, 11) is 0. The molecular formula is C35H42F6O. The van der Waals surface area contributed by atoms with E-state index in [2.05, 4.69) is 55.5 Å². The summed E-state index contributed by atoms with van der Waals surface area (Å²) >= 11 is 0. The number of ether oxygens (including phenoxy) is 1. The van der Waals surface area contributed by atoms with Gasteiger partial charge in [-0.25, -0.2) is 4.39 Å². The first-order valence-electron chi connectivity index (χ1n) is 15.4. The maximum Gasteiger partial charge on any atom is 0.419 e. The van der Waals surface area contributed by atoms with Crippen molar-refractivity contribution in [3.8, 4) is 5.75 Å². The van der Waals surface area contributed by atoms with Gasteiger partial charge in [-0.3, -0.25) is 0 Å². The van der Waals surface area contributed by atoms with Gasteiger partial charge in [0.25, 0.3) is 0 Å². The molecular weight excluding hydrogens is 550 g/mol. The molecule has 0 bridgehead atoms. The van der Waals surface area contributed by atoms with Gasteiger partial charge in [0.2, 0.25) is 0 Å². The number of hydrogen-bond donors (Lipinski definition) is 0. The molecule has 0 unspecified atom stereocenters. The van der Waals surface area contributed by atoms with Crippen LogP contribution in [0.25, 0.3) is 0 Å². The lowest BCUT2D eigenvalue weighted by atomic mass is 9.77. The number of benzene rings is 2. The Morgan fingerprint density at radius 1 is 0.786 bits per heavy atom. The highest BCUT2D eigenvalue weighted by Crippen LogP contribution is 2.42. The zero-order valence-corrected chi connectivity index (χ0v) is 24.3. The van der Waals surface area contributed by atoms with E-state index in [9.17, 15) is 26.3 Å². The molecule has 2 aliphatic carbocycles. The van der Waals surface area contributed by atoms with Crippen LogP contribution in [-0.2, 0) is 12.6 Å². The fourth-order valence-corrected chi connectivity index (χ4v) is 6.35. The maximum atomic E-state index is 14.8. The second-order valence-corrected chi connectivity index (χ2v) is 12.0. The molecule has 42 heavy (non-hydrogen) atoms. The van der Waals surface area contributed by atoms with Crippen molar-refractivity contribution in [3.05, 3.63) is 89.3 Å². The van der Waals surface area contributed by atoms with Gasteiger partial charge in [-0.1, -0.05) is 48.6 Å². The predicted molar refractivity (Wildman–Crippen MR) is 155 cm³/mol. The number of allylic oxidation sites excluding steroid dienone is 4. The largest absolute Gasteiger partial charge is 0.432 e. The highest BCUT2D eigenvalue weighted by molar-refractivity contribution is 5.31. The van der Waals surface area contributed by atoms with Crippen molar-refractivity contribution < 1.29 is 31.1 Å². The van der Waals surface area contributed by atoms with Crippen LogP contribution in [0.15, 0.2) is 66.8 Å². The Bertz CT molecular complexity index is 1170. The second kappa shape index (κ2) is 14.7. The molecule has 0 atom stereocenters. The summed E-state index contributed by atoms with van der Waals surface area (Å²) in [5, 5.41) is 0. The van der Waals surface area contributed by atoms with E-state index in [4.69, 9.17) is 4.74 Å². The fraction of sp³-hybridized carbons (Fsp3) is 0.543. The van der Waals surface area contributed by atoms with E-state index >= 15 is 0 Å². The SMILES string of the molecule is C/C=C/CCCCc1ccc(C2CCC(/C=C/C3CCC(C(F)(F)Oc4ccc(C(F)(F)F)c(F)c4)CC3)CC2)cc1. The molecule has 0 heterocycles. The standard InChI is InChI=1S/C35H42F6O/c1-2-3-4-5-6-7-25-10-16-28(17-11-25)29-18-12-26(13-19-29)8-9-27-14-20-30(21-15-27)35(40,41)42-31-22-23-32(33(36)24-31)34(37,38)39/h2-3,8-11,16-17,22-24,26-27,29-30H,4-7,12-15,18-21H2,1H3/b3-2+,9-8+. The van der Waals surface area contributed by atoms with E-state index in [1.54, 1.807) is 0 Å². The van der Waals surface area contributed by atoms with Crippen molar-refractivity contribution in [1.82, 2.24) is 0 Å². The molecule has 0 spiro atoms. The third-order valence-corrected chi connectivity index (χ3v) is 8.95. The van der Waals surface area contributed by atoms with Gasteiger partial charge in [0.1, 0.15) is 11.6 Å². The van der Waals surface area contributed by atoms with Crippen molar-refractivity contribution in [2.75, 3.05) is 0 Å². The Hall–Kier alpha value is -2.70. The minimum atomic E-state index is -4.89. The molecule has 2 fully saturated rings. The highest BCUT2D eigenvalue weighted by atomic mass is 19.4. The van der Waals surface area contributed by atoms with Crippen LogP contribution in [0.1, 0.15) is 100 Å². The smallest absolute Gasteiger partial charge is 0.419 e. The summed E-state index contributed by atoms with van der Waals surface area (Å²) in [6.07, 6.45) is 11.3. The van der Waals surface area contributed by atoms with Crippen LogP contribution in [0, 0.1) is 23.6 Å². The number of unbranched alkanes of at least 4 members (excludes halogenated alkanes) is 2. The summed E-state index contributed by atoms with van der Waals surface area (Å²) in [6.45, 7) is 2.06. The van der Waals surface area contributed by atoms with Crippen LogP contribution < -0.4 is 4.74 Å². The lowest BCUT2D eigenvalue weighted by Gasteiger charge is -2.33. The summed E-state index contributed by atoms with van der Waals surface area (Å²) in [4.78, 5) is 0. The van der Waals surface area contributed by atoms with Gasteiger partial charge < -0.3 is 4.74 Å². The highest BCUT2D eigenvalue weighted by Gasteiger charge is 2.44. The van der Waals surface area contributed by atoms with Crippen LogP contribution in [-0.4, -0.2) is 6.11 Å². The molecule has 0 saturated heterocycles. The molecule has 230 valence electrons. The van der Waals surface area contributed by atoms with Crippen LogP contribution in [0.3, 0.4) is 0 Å². The molecule has 0 radical (unpaired) electrons. The Kier molecular flexibility index (Phi) is 11.2. The first-order valence-corrected chi connectivity index (χ1v) is 15.4. The van der Waals surface area contributed by atoms with Crippen LogP contribution in [0.2, 0.25) is 0 Å². The maximum absolute atomic E-state index is 14.8. The minimum absolute atomic E-state index is 0.226. The second-order valence-electron chi connectivity index (χ2n) is 12.0. The molecule has 2 aliphatic rings. The van der Waals surface area contributed by atoms with Crippen molar-refractivity contribution in [1.29, 1.82) is 0 Å². The Balaban J connectivity index is 1.18. The quantitative estimate of drug-likeness (QED) is 0.143. The molecule has 2 saturated carbocycles. The van der Waals surface area contributed by atoms with E-state index < -0.39 is 35.3 Å². The van der Waals surface area contributed by atoms with Crippen LogP contribution in [0.5, 0.6) is 5.75 Å². The van der Waals surface area contributed by atoms with Crippen molar-refractivity contribution in [3.63, 3.8) is 0 Å². The van der Waals surface area contributed by atoms with E-state index in [0.29, 0.717) is 36.8 Å².